The molecule has 2 rings (SSSR count). The third-order valence-corrected chi connectivity index (χ3v) is 6.25. The van der Waals surface area contributed by atoms with E-state index in [-0.39, 0.29) is 18.7 Å². The van der Waals surface area contributed by atoms with Crippen molar-refractivity contribution in [2.45, 2.75) is 82.8 Å². The van der Waals surface area contributed by atoms with Gasteiger partial charge in [-0.05, 0) is 57.1 Å². The van der Waals surface area contributed by atoms with Crippen LogP contribution in [0.2, 0.25) is 0 Å². The Bertz CT molecular complexity index is 1140. The normalized spacial score (nSPS) is 12.2. The van der Waals surface area contributed by atoms with Crippen LogP contribution in [-0.4, -0.2) is 78.8 Å². The van der Waals surface area contributed by atoms with Crippen LogP contribution in [-0.2, 0) is 27.3 Å². The van der Waals surface area contributed by atoms with Crippen LogP contribution in [0.25, 0.3) is 0 Å². The number of rotatable bonds is 20. The first kappa shape index (κ1) is 32.7. The summed E-state index contributed by atoms with van der Waals surface area (Å²) in [6.45, 7) is 1.14. The van der Waals surface area contributed by atoms with Crippen molar-refractivity contribution in [3.63, 3.8) is 0 Å². The summed E-state index contributed by atoms with van der Waals surface area (Å²) in [5.74, 6) is -3.95. The molecule has 1 aromatic carbocycles. The van der Waals surface area contributed by atoms with Gasteiger partial charge in [-0.15, -0.1) is 5.10 Å². The molecule has 0 aliphatic carbocycles. The highest BCUT2D eigenvalue weighted by atomic mass is 16.4. The molecule has 0 bridgehead atoms. The zero-order chi connectivity index (χ0) is 30.0. The summed E-state index contributed by atoms with van der Waals surface area (Å²) in [5.41, 5.74) is 1.51. The number of carbonyl (C=O) groups is 5. The van der Waals surface area contributed by atoms with Gasteiger partial charge >= 0.3 is 23.9 Å². The van der Waals surface area contributed by atoms with Crippen LogP contribution < -0.4 is 16.0 Å². The molecule has 0 spiro atoms. The van der Waals surface area contributed by atoms with Gasteiger partial charge in [0.1, 0.15) is 12.1 Å². The fourth-order valence-corrected chi connectivity index (χ4v) is 4.00. The number of benzene rings is 1. The van der Waals surface area contributed by atoms with Gasteiger partial charge in [0.05, 0.1) is 5.69 Å². The van der Waals surface area contributed by atoms with Gasteiger partial charge in [-0.1, -0.05) is 36.3 Å². The molecule has 0 unspecified atom stereocenters. The Kier molecular flexibility index (Phi) is 14.3. The lowest BCUT2D eigenvalue weighted by Crippen LogP contribution is -2.51. The number of carboxylic acids is 3. The number of nitrogens with one attached hydrogen (secondary N) is 3. The second kappa shape index (κ2) is 18.0. The number of aryl methyl sites for hydroxylation is 2. The summed E-state index contributed by atoms with van der Waals surface area (Å²) in [5, 5.41) is 42.7. The van der Waals surface area contributed by atoms with Gasteiger partial charge in [-0.2, -0.15) is 0 Å². The molecule has 0 fully saturated rings. The Morgan fingerprint density at radius 2 is 1.46 bits per heavy atom. The van der Waals surface area contributed by atoms with Crippen molar-refractivity contribution < 1.29 is 39.3 Å². The third-order valence-electron chi connectivity index (χ3n) is 6.25. The molecule has 14 heteroatoms. The van der Waals surface area contributed by atoms with E-state index in [0.717, 1.165) is 37.8 Å². The SMILES string of the molecule is O=C(O)CC[C@H](NC(=O)N[C@@H](CCCCn1cc(CCCCCCNC(=O)c2ccccc2)nn1)C(=O)O)C(=O)O. The van der Waals surface area contributed by atoms with Crippen molar-refractivity contribution in [3.05, 3.63) is 47.8 Å². The van der Waals surface area contributed by atoms with Gasteiger partial charge in [0.15, 0.2) is 0 Å². The molecule has 224 valence electrons. The van der Waals surface area contributed by atoms with E-state index in [1.165, 1.54) is 0 Å². The van der Waals surface area contributed by atoms with Gasteiger partial charge in [-0.3, -0.25) is 14.3 Å². The van der Waals surface area contributed by atoms with Crippen molar-refractivity contribution in [1.29, 1.82) is 0 Å². The van der Waals surface area contributed by atoms with Crippen molar-refractivity contribution in [2.75, 3.05) is 6.54 Å². The lowest BCUT2D eigenvalue weighted by molar-refractivity contribution is -0.140. The Morgan fingerprint density at radius 3 is 2.12 bits per heavy atom. The molecule has 6 N–H and O–H groups in total. The van der Waals surface area contributed by atoms with Crippen molar-refractivity contribution in [2.24, 2.45) is 0 Å². The summed E-state index contributed by atoms with van der Waals surface area (Å²) < 4.78 is 1.68. The monoisotopic (exact) mass is 574 g/mol. The number of aliphatic carboxylic acids is 3. The van der Waals surface area contributed by atoms with Crippen LogP contribution in [0.1, 0.15) is 73.8 Å². The van der Waals surface area contributed by atoms with Gasteiger partial charge in [0.25, 0.3) is 5.91 Å². The fraction of sp³-hybridized carbons (Fsp3) is 0.519. The van der Waals surface area contributed by atoms with Crippen molar-refractivity contribution in [3.8, 4) is 0 Å². The molecule has 1 heterocycles. The second-order valence-corrected chi connectivity index (χ2v) is 9.59. The molecular weight excluding hydrogens is 536 g/mol. The maximum absolute atomic E-state index is 12.1. The molecule has 1 aromatic heterocycles. The van der Waals surface area contributed by atoms with E-state index in [1.54, 1.807) is 16.8 Å². The molecule has 14 nitrogen and oxygen atoms in total. The maximum Gasteiger partial charge on any atom is 0.326 e. The summed E-state index contributed by atoms with van der Waals surface area (Å²) in [6.07, 6.45) is 6.81. The Morgan fingerprint density at radius 1 is 0.805 bits per heavy atom. The Hall–Kier alpha value is -4.49. The number of urea groups is 1. The third kappa shape index (κ3) is 13.4. The molecule has 2 atom stereocenters. The standard InChI is InChI=1S/C27H38N6O8/c34-23(35)15-14-22(26(39)40)30-27(41)29-21(25(37)38)13-7-9-17-33-18-20(31-32-33)12-6-1-2-8-16-28-24(36)19-10-4-3-5-11-19/h3-5,10-11,18,21-22H,1-2,6-9,12-17H2,(H,28,36)(H,34,35)(H,37,38)(H,39,40)(H2,29,30,41)/t21-,22-/m0/s1. The highest BCUT2D eigenvalue weighted by Crippen LogP contribution is 2.08. The highest BCUT2D eigenvalue weighted by molar-refractivity contribution is 5.94. The lowest BCUT2D eigenvalue weighted by atomic mass is 10.1. The summed E-state index contributed by atoms with van der Waals surface area (Å²) in [7, 11) is 0. The van der Waals surface area contributed by atoms with Crippen LogP contribution in [0.3, 0.4) is 0 Å². The van der Waals surface area contributed by atoms with Gasteiger partial charge < -0.3 is 31.3 Å². The van der Waals surface area contributed by atoms with Crippen molar-refractivity contribution in [1.82, 2.24) is 30.9 Å². The minimum atomic E-state index is -1.45. The number of hydrogen-bond donors (Lipinski definition) is 6. The number of carbonyl (C=O) groups excluding carboxylic acids is 2. The Labute approximate surface area is 237 Å². The molecule has 2 aromatic rings. The first-order chi connectivity index (χ1) is 19.7. The van der Waals surface area contributed by atoms with Gasteiger partial charge in [-0.25, -0.2) is 14.4 Å². The molecule has 0 saturated carbocycles. The molecule has 0 aliphatic heterocycles. The zero-order valence-corrected chi connectivity index (χ0v) is 22.8. The predicted octanol–water partition coefficient (Wildman–Crippen LogP) is 2.05. The number of aromatic nitrogens is 3. The average molecular weight is 575 g/mol. The van der Waals surface area contributed by atoms with Crippen LogP contribution in [0.5, 0.6) is 0 Å². The largest absolute Gasteiger partial charge is 0.481 e. The highest BCUT2D eigenvalue weighted by Gasteiger charge is 2.24. The smallest absolute Gasteiger partial charge is 0.326 e. The van der Waals surface area contributed by atoms with Crippen molar-refractivity contribution >= 4 is 29.8 Å². The molecule has 0 aliphatic rings. The number of carboxylic acid groups (broad SMARTS) is 3. The fourth-order valence-electron chi connectivity index (χ4n) is 4.00. The first-order valence-corrected chi connectivity index (χ1v) is 13.6. The molecule has 0 radical (unpaired) electrons. The summed E-state index contributed by atoms with van der Waals surface area (Å²) in [4.78, 5) is 57.5. The van der Waals surface area contributed by atoms with Crippen LogP contribution >= 0.6 is 0 Å². The lowest BCUT2D eigenvalue weighted by Gasteiger charge is -2.18. The summed E-state index contributed by atoms with van der Waals surface area (Å²) >= 11 is 0. The maximum atomic E-state index is 12.1. The number of amides is 3. The van der Waals surface area contributed by atoms with Crippen LogP contribution in [0.4, 0.5) is 4.79 Å². The van der Waals surface area contributed by atoms with Gasteiger partial charge in [0.2, 0.25) is 0 Å². The molecule has 41 heavy (non-hydrogen) atoms. The van der Waals surface area contributed by atoms with E-state index in [4.69, 9.17) is 10.2 Å². The van der Waals surface area contributed by atoms with E-state index in [2.05, 4.69) is 26.3 Å². The van der Waals surface area contributed by atoms with Crippen LogP contribution in [0, 0.1) is 0 Å². The average Bonchev–Trinajstić information content (AvgIpc) is 3.39. The van der Waals surface area contributed by atoms with E-state index >= 15 is 0 Å². The predicted molar refractivity (Wildman–Crippen MR) is 146 cm³/mol. The van der Waals surface area contributed by atoms with Crippen LogP contribution in [0.15, 0.2) is 36.5 Å². The molecule has 0 saturated heterocycles. The molecule has 3 amide bonds. The van der Waals surface area contributed by atoms with E-state index in [9.17, 15) is 29.1 Å². The van der Waals surface area contributed by atoms with E-state index in [0.29, 0.717) is 31.5 Å². The number of nitrogens with zero attached hydrogens (tertiary/aromatic N) is 3. The van der Waals surface area contributed by atoms with E-state index in [1.807, 2.05) is 24.4 Å². The number of unbranched alkanes of at least 4 members (excludes halogenated alkanes) is 4. The minimum Gasteiger partial charge on any atom is -0.481 e. The second-order valence-electron chi connectivity index (χ2n) is 9.59. The quantitative estimate of drug-likeness (QED) is 0.127. The molecular formula is C27H38N6O8. The minimum absolute atomic E-state index is 0.0682. The summed E-state index contributed by atoms with van der Waals surface area (Å²) in [6, 6.07) is 5.42. The zero-order valence-electron chi connectivity index (χ0n) is 22.8. The topological polar surface area (TPSA) is 213 Å². The first-order valence-electron chi connectivity index (χ1n) is 13.6. The Balaban J connectivity index is 1.60. The van der Waals surface area contributed by atoms with E-state index < -0.39 is 42.4 Å². The van der Waals surface area contributed by atoms with Gasteiger partial charge in [0, 0.05) is 31.3 Å². The number of hydrogen-bond acceptors (Lipinski definition) is 7.